The maximum absolute atomic E-state index is 12.8. The molecule has 1 amide bonds. The van der Waals surface area contributed by atoms with Gasteiger partial charge in [-0.3, -0.25) is 14.8 Å². The number of amides is 1. The maximum atomic E-state index is 12.8. The van der Waals surface area contributed by atoms with Gasteiger partial charge in [0.1, 0.15) is 11.5 Å². The van der Waals surface area contributed by atoms with E-state index in [1.165, 1.54) is 11.8 Å². The topological polar surface area (TPSA) is 102 Å². The van der Waals surface area contributed by atoms with E-state index in [1.807, 2.05) is 48.5 Å². The fraction of sp³-hybridized carbons (Fsp3) is 0.400. The second-order valence-corrected chi connectivity index (χ2v) is 9.25. The van der Waals surface area contributed by atoms with Crippen LogP contribution in [0.4, 0.5) is 0 Å². The van der Waals surface area contributed by atoms with Gasteiger partial charge in [-0.15, -0.1) is 5.10 Å². The summed E-state index contributed by atoms with van der Waals surface area (Å²) in [6.45, 7) is 4.74. The van der Waals surface area contributed by atoms with Gasteiger partial charge in [0.05, 0.1) is 27.4 Å². The SMILES string of the molecule is COc1ccc(-c2nc(S[C@@H](CC(=O)NCCN3CCOCC3)c3ccc(OC)cc3)n[nH]2)cc1. The van der Waals surface area contributed by atoms with Gasteiger partial charge in [0, 0.05) is 43.4 Å². The monoisotopic (exact) mass is 497 g/mol. The molecule has 10 heteroatoms. The standard InChI is InChI=1S/C25H31N5O4S/c1-32-20-7-3-18(4-8-20)22(17-23(31)26-11-12-30-13-15-34-16-14-30)35-25-27-24(28-29-25)19-5-9-21(33-2)10-6-19/h3-10,22H,11-17H2,1-2H3,(H,26,31)(H,27,28,29)/t22-/m0/s1. The van der Waals surface area contributed by atoms with Crippen LogP contribution in [0.1, 0.15) is 17.2 Å². The van der Waals surface area contributed by atoms with Crippen molar-refractivity contribution in [3.8, 4) is 22.9 Å². The van der Waals surface area contributed by atoms with Crippen molar-refractivity contribution in [1.29, 1.82) is 0 Å². The number of aromatic nitrogens is 3. The number of H-pyrrole nitrogens is 1. The lowest BCUT2D eigenvalue weighted by Crippen LogP contribution is -2.41. The van der Waals surface area contributed by atoms with Gasteiger partial charge in [-0.05, 0) is 42.0 Å². The zero-order chi connectivity index (χ0) is 24.5. The Bertz CT molecular complexity index is 1070. The first kappa shape index (κ1) is 25.0. The van der Waals surface area contributed by atoms with Crippen molar-refractivity contribution in [3.63, 3.8) is 0 Å². The molecule has 0 unspecified atom stereocenters. The Hall–Kier alpha value is -3.08. The number of thioether (sulfide) groups is 1. The van der Waals surface area contributed by atoms with Gasteiger partial charge in [0.25, 0.3) is 0 Å². The number of hydrogen-bond donors (Lipinski definition) is 2. The van der Waals surface area contributed by atoms with Crippen molar-refractivity contribution >= 4 is 17.7 Å². The average molecular weight is 498 g/mol. The van der Waals surface area contributed by atoms with Crippen LogP contribution in [0.3, 0.4) is 0 Å². The van der Waals surface area contributed by atoms with E-state index in [9.17, 15) is 4.79 Å². The second-order valence-electron chi connectivity index (χ2n) is 8.08. The fourth-order valence-electron chi connectivity index (χ4n) is 3.77. The Morgan fingerprint density at radius 1 is 1.09 bits per heavy atom. The lowest BCUT2D eigenvalue weighted by molar-refractivity contribution is -0.121. The van der Waals surface area contributed by atoms with Crippen molar-refractivity contribution in [2.24, 2.45) is 0 Å². The normalized spacial score (nSPS) is 14.9. The molecule has 2 N–H and O–H groups in total. The average Bonchev–Trinajstić information content (AvgIpc) is 3.37. The van der Waals surface area contributed by atoms with Crippen LogP contribution in [0, 0.1) is 0 Å². The van der Waals surface area contributed by atoms with Crippen LogP contribution in [0.5, 0.6) is 11.5 Å². The number of nitrogens with zero attached hydrogens (tertiary/aromatic N) is 3. The number of hydrogen-bond acceptors (Lipinski definition) is 8. The number of benzene rings is 2. The first-order valence-electron chi connectivity index (χ1n) is 11.6. The lowest BCUT2D eigenvalue weighted by atomic mass is 10.1. The van der Waals surface area contributed by atoms with E-state index in [2.05, 4.69) is 25.4 Å². The molecule has 2 heterocycles. The second kappa shape index (κ2) is 12.6. The molecule has 1 fully saturated rings. The molecule has 0 bridgehead atoms. The highest BCUT2D eigenvalue weighted by atomic mass is 32.2. The summed E-state index contributed by atoms with van der Waals surface area (Å²) >= 11 is 1.46. The first-order valence-corrected chi connectivity index (χ1v) is 12.5. The van der Waals surface area contributed by atoms with Crippen LogP contribution >= 0.6 is 11.8 Å². The molecule has 3 aromatic rings. The predicted octanol–water partition coefficient (Wildman–Crippen LogP) is 3.16. The molecule has 35 heavy (non-hydrogen) atoms. The van der Waals surface area contributed by atoms with Gasteiger partial charge in [0.15, 0.2) is 5.82 Å². The largest absolute Gasteiger partial charge is 0.497 e. The molecule has 0 saturated carbocycles. The molecule has 9 nitrogen and oxygen atoms in total. The van der Waals surface area contributed by atoms with Gasteiger partial charge in [-0.1, -0.05) is 23.9 Å². The van der Waals surface area contributed by atoms with E-state index in [0.29, 0.717) is 23.9 Å². The molecule has 186 valence electrons. The highest BCUT2D eigenvalue weighted by Gasteiger charge is 2.21. The van der Waals surface area contributed by atoms with Gasteiger partial charge >= 0.3 is 0 Å². The molecule has 1 aliphatic rings. The van der Waals surface area contributed by atoms with E-state index in [0.717, 1.165) is 55.5 Å². The molecule has 1 aromatic heterocycles. The summed E-state index contributed by atoms with van der Waals surface area (Å²) < 4.78 is 15.9. The van der Waals surface area contributed by atoms with E-state index in [4.69, 9.17) is 14.2 Å². The quantitative estimate of drug-likeness (QED) is 0.390. The van der Waals surface area contributed by atoms with Crippen LogP contribution in [0.25, 0.3) is 11.4 Å². The Morgan fingerprint density at radius 2 is 1.74 bits per heavy atom. The summed E-state index contributed by atoms with van der Waals surface area (Å²) in [4.78, 5) is 19.8. The van der Waals surface area contributed by atoms with Crippen molar-refractivity contribution in [3.05, 3.63) is 54.1 Å². The third-order valence-electron chi connectivity index (χ3n) is 5.79. The molecule has 4 rings (SSSR count). The number of ether oxygens (including phenoxy) is 3. The molecule has 1 aliphatic heterocycles. The minimum Gasteiger partial charge on any atom is -0.497 e. The van der Waals surface area contributed by atoms with E-state index < -0.39 is 0 Å². The van der Waals surface area contributed by atoms with Gasteiger partial charge in [0.2, 0.25) is 11.1 Å². The highest BCUT2D eigenvalue weighted by molar-refractivity contribution is 7.99. The van der Waals surface area contributed by atoms with Gasteiger partial charge < -0.3 is 19.5 Å². The van der Waals surface area contributed by atoms with Crippen LogP contribution in [-0.2, 0) is 9.53 Å². The minimum atomic E-state index is -0.149. The molecule has 1 atom stereocenters. The van der Waals surface area contributed by atoms with Crippen LogP contribution in [0.15, 0.2) is 53.7 Å². The van der Waals surface area contributed by atoms with Crippen molar-refractivity contribution in [1.82, 2.24) is 25.4 Å². The van der Waals surface area contributed by atoms with E-state index in [-0.39, 0.29) is 11.2 Å². The summed E-state index contributed by atoms with van der Waals surface area (Å²) in [5.74, 6) is 2.21. The van der Waals surface area contributed by atoms with Crippen LogP contribution in [0.2, 0.25) is 0 Å². The zero-order valence-electron chi connectivity index (χ0n) is 20.0. The van der Waals surface area contributed by atoms with E-state index in [1.54, 1.807) is 14.2 Å². The Labute approximate surface area is 209 Å². The van der Waals surface area contributed by atoms with Crippen molar-refractivity contribution in [2.45, 2.75) is 16.8 Å². The summed E-state index contributed by atoms with van der Waals surface area (Å²) in [7, 11) is 3.27. The number of carbonyl (C=O) groups excluding carboxylic acids is 1. The predicted molar refractivity (Wildman–Crippen MR) is 135 cm³/mol. The summed E-state index contributed by atoms with van der Waals surface area (Å²) in [6, 6.07) is 15.4. The molecular weight excluding hydrogens is 466 g/mol. The Morgan fingerprint density at radius 3 is 2.40 bits per heavy atom. The van der Waals surface area contributed by atoms with E-state index >= 15 is 0 Å². The molecular formula is C25H31N5O4S. The Kier molecular flexibility index (Phi) is 8.99. The summed E-state index contributed by atoms with van der Waals surface area (Å²) in [5, 5.41) is 10.9. The molecule has 0 radical (unpaired) electrons. The number of nitrogens with one attached hydrogen (secondary N) is 2. The van der Waals surface area contributed by atoms with Crippen molar-refractivity contribution in [2.75, 3.05) is 53.6 Å². The highest BCUT2D eigenvalue weighted by Crippen LogP contribution is 2.37. The number of morpholine rings is 1. The molecule has 0 spiro atoms. The van der Waals surface area contributed by atoms with Crippen molar-refractivity contribution < 1.29 is 19.0 Å². The smallest absolute Gasteiger partial charge is 0.221 e. The summed E-state index contributed by atoms with van der Waals surface area (Å²) in [6.07, 6.45) is 0.312. The fourth-order valence-corrected chi connectivity index (χ4v) is 4.79. The molecule has 1 saturated heterocycles. The third kappa shape index (κ3) is 7.20. The van der Waals surface area contributed by atoms with Crippen LogP contribution in [-0.4, -0.2) is 79.6 Å². The van der Waals surface area contributed by atoms with Gasteiger partial charge in [-0.25, -0.2) is 4.98 Å². The van der Waals surface area contributed by atoms with Crippen LogP contribution < -0.4 is 14.8 Å². The number of rotatable bonds is 11. The maximum Gasteiger partial charge on any atom is 0.221 e. The lowest BCUT2D eigenvalue weighted by Gasteiger charge is -2.26. The minimum absolute atomic E-state index is 0.00232. The molecule has 0 aliphatic carbocycles. The van der Waals surface area contributed by atoms with Gasteiger partial charge in [-0.2, -0.15) is 0 Å². The Balaban J connectivity index is 1.41. The first-order chi connectivity index (χ1) is 17.1. The number of methoxy groups -OCH3 is 2. The third-order valence-corrected chi connectivity index (χ3v) is 6.91. The number of aromatic amines is 1. The molecule has 2 aromatic carbocycles. The summed E-state index contributed by atoms with van der Waals surface area (Å²) in [5.41, 5.74) is 1.92. The zero-order valence-corrected chi connectivity index (χ0v) is 20.8. The number of carbonyl (C=O) groups is 1.